The molecule has 2 aromatic rings. The zero-order valence-electron chi connectivity index (χ0n) is 8.92. The van der Waals surface area contributed by atoms with Gasteiger partial charge in [-0.25, -0.2) is 0 Å². The Hall–Kier alpha value is -2.10. The lowest BCUT2D eigenvalue weighted by atomic mass is 10.1. The summed E-state index contributed by atoms with van der Waals surface area (Å²) in [7, 11) is 0. The summed E-state index contributed by atoms with van der Waals surface area (Å²) >= 11 is 0. The van der Waals surface area contributed by atoms with Crippen LogP contribution in [0.5, 0.6) is 5.75 Å². The molecule has 82 valence electrons. The topological polar surface area (TPSA) is 54.7 Å². The Balaban J connectivity index is 2.52. The van der Waals surface area contributed by atoms with Gasteiger partial charge in [0.05, 0.1) is 6.21 Å². The van der Waals surface area contributed by atoms with Gasteiger partial charge >= 0.3 is 0 Å². The van der Waals surface area contributed by atoms with Crippen LogP contribution in [0.25, 0.3) is 10.8 Å². The Kier molecular flexibility index (Phi) is 3.00. The van der Waals surface area contributed by atoms with E-state index in [1.807, 2.05) is 19.1 Å². The van der Waals surface area contributed by atoms with Gasteiger partial charge < -0.3 is 9.94 Å². The highest BCUT2D eigenvalue weighted by atomic mass is 16.6. The van der Waals surface area contributed by atoms with E-state index in [4.69, 9.17) is 4.84 Å². The standard InChI is InChI=1S/C12H12N2O2/c1-2-16-14-8-11-10-5-6-13-7-9(10)3-4-12(11)15/h3-8,15H,2H2,1H3. The van der Waals surface area contributed by atoms with E-state index in [-0.39, 0.29) is 5.75 Å². The van der Waals surface area contributed by atoms with Crippen LogP contribution in [0.15, 0.2) is 35.7 Å². The first kappa shape index (κ1) is 10.4. The van der Waals surface area contributed by atoms with Gasteiger partial charge in [-0.3, -0.25) is 4.98 Å². The van der Waals surface area contributed by atoms with E-state index >= 15 is 0 Å². The van der Waals surface area contributed by atoms with Crippen molar-refractivity contribution in [1.82, 2.24) is 4.98 Å². The molecule has 0 unspecified atom stereocenters. The molecule has 0 atom stereocenters. The van der Waals surface area contributed by atoms with Crippen LogP contribution in [0, 0.1) is 0 Å². The highest BCUT2D eigenvalue weighted by Gasteiger charge is 2.04. The second-order valence-corrected chi connectivity index (χ2v) is 3.25. The molecule has 0 aliphatic rings. The van der Waals surface area contributed by atoms with Gasteiger partial charge in [-0.05, 0) is 30.5 Å². The first-order valence-corrected chi connectivity index (χ1v) is 5.04. The molecule has 0 bridgehead atoms. The van der Waals surface area contributed by atoms with E-state index in [1.54, 1.807) is 18.5 Å². The molecule has 2 rings (SSSR count). The van der Waals surface area contributed by atoms with E-state index in [2.05, 4.69) is 10.1 Å². The third-order valence-electron chi connectivity index (χ3n) is 2.22. The second kappa shape index (κ2) is 4.61. The maximum Gasteiger partial charge on any atom is 0.125 e. The maximum atomic E-state index is 9.74. The van der Waals surface area contributed by atoms with Crippen molar-refractivity contribution in [2.24, 2.45) is 5.16 Å². The van der Waals surface area contributed by atoms with Gasteiger partial charge in [0.15, 0.2) is 0 Å². The van der Waals surface area contributed by atoms with Gasteiger partial charge in [-0.2, -0.15) is 0 Å². The van der Waals surface area contributed by atoms with Crippen molar-refractivity contribution in [2.75, 3.05) is 6.61 Å². The van der Waals surface area contributed by atoms with Crippen molar-refractivity contribution >= 4 is 17.0 Å². The molecule has 1 N–H and O–H groups in total. The van der Waals surface area contributed by atoms with E-state index in [1.165, 1.54) is 6.21 Å². The second-order valence-electron chi connectivity index (χ2n) is 3.25. The third-order valence-corrected chi connectivity index (χ3v) is 2.22. The molecule has 0 amide bonds. The van der Waals surface area contributed by atoms with Crippen molar-refractivity contribution in [2.45, 2.75) is 6.92 Å². The molecule has 0 saturated carbocycles. The Morgan fingerprint density at radius 1 is 1.44 bits per heavy atom. The third kappa shape index (κ3) is 1.95. The fraction of sp³-hybridized carbons (Fsp3) is 0.167. The van der Waals surface area contributed by atoms with Gasteiger partial charge in [-0.15, -0.1) is 0 Å². The van der Waals surface area contributed by atoms with Crippen LogP contribution in [0.1, 0.15) is 12.5 Å². The van der Waals surface area contributed by atoms with Gasteiger partial charge in [0, 0.05) is 23.3 Å². The molecule has 16 heavy (non-hydrogen) atoms. The molecule has 1 heterocycles. The zero-order chi connectivity index (χ0) is 11.4. The fourth-order valence-corrected chi connectivity index (χ4v) is 1.48. The van der Waals surface area contributed by atoms with Gasteiger partial charge in [0.1, 0.15) is 12.4 Å². The number of hydrogen-bond donors (Lipinski definition) is 1. The van der Waals surface area contributed by atoms with Crippen LogP contribution in [-0.2, 0) is 4.84 Å². The lowest BCUT2D eigenvalue weighted by Crippen LogP contribution is -1.88. The van der Waals surface area contributed by atoms with E-state index in [9.17, 15) is 5.11 Å². The molecular formula is C12H12N2O2. The van der Waals surface area contributed by atoms with E-state index in [0.717, 1.165) is 10.8 Å². The average Bonchev–Trinajstić information content (AvgIpc) is 2.32. The smallest absolute Gasteiger partial charge is 0.125 e. The fourth-order valence-electron chi connectivity index (χ4n) is 1.48. The summed E-state index contributed by atoms with van der Waals surface area (Å²) in [6.45, 7) is 2.35. The molecule has 1 aromatic heterocycles. The number of phenolic OH excluding ortho intramolecular Hbond substituents is 1. The Morgan fingerprint density at radius 2 is 2.31 bits per heavy atom. The van der Waals surface area contributed by atoms with E-state index < -0.39 is 0 Å². The molecule has 0 saturated heterocycles. The monoisotopic (exact) mass is 216 g/mol. The van der Waals surface area contributed by atoms with Gasteiger partial charge in [-0.1, -0.05) is 5.16 Å². The lowest BCUT2D eigenvalue weighted by molar-refractivity contribution is 0.160. The first-order valence-electron chi connectivity index (χ1n) is 5.04. The van der Waals surface area contributed by atoms with Crippen LogP contribution in [0.3, 0.4) is 0 Å². The number of hydrogen-bond acceptors (Lipinski definition) is 4. The van der Waals surface area contributed by atoms with Crippen LogP contribution >= 0.6 is 0 Å². The summed E-state index contributed by atoms with van der Waals surface area (Å²) in [4.78, 5) is 8.91. The Bertz CT molecular complexity index is 523. The highest BCUT2D eigenvalue weighted by molar-refractivity contribution is 6.01. The average molecular weight is 216 g/mol. The van der Waals surface area contributed by atoms with Crippen molar-refractivity contribution in [1.29, 1.82) is 0 Å². The van der Waals surface area contributed by atoms with Gasteiger partial charge in [0.2, 0.25) is 0 Å². The van der Waals surface area contributed by atoms with Crippen molar-refractivity contribution in [3.05, 3.63) is 36.2 Å². The number of phenols is 1. The summed E-state index contributed by atoms with van der Waals surface area (Å²) in [5, 5.41) is 15.4. The molecule has 0 fully saturated rings. The summed E-state index contributed by atoms with van der Waals surface area (Å²) in [6, 6.07) is 5.27. The predicted molar refractivity (Wildman–Crippen MR) is 62.6 cm³/mol. The zero-order valence-corrected chi connectivity index (χ0v) is 8.92. The number of nitrogens with zero attached hydrogens (tertiary/aromatic N) is 2. The maximum absolute atomic E-state index is 9.74. The van der Waals surface area contributed by atoms with Crippen LogP contribution < -0.4 is 0 Å². The van der Waals surface area contributed by atoms with Crippen LogP contribution in [-0.4, -0.2) is 22.9 Å². The molecule has 0 spiro atoms. The molecule has 0 radical (unpaired) electrons. The summed E-state index contributed by atoms with van der Waals surface area (Å²) in [5.41, 5.74) is 0.647. The molecular weight excluding hydrogens is 204 g/mol. The van der Waals surface area contributed by atoms with E-state index in [0.29, 0.717) is 12.2 Å². The highest BCUT2D eigenvalue weighted by Crippen LogP contribution is 2.24. The Morgan fingerprint density at radius 3 is 3.12 bits per heavy atom. The SMILES string of the molecule is CCON=Cc1c(O)ccc2cnccc12. The predicted octanol–water partition coefficient (Wildman–Crippen LogP) is 2.31. The number of aromatic nitrogens is 1. The number of benzene rings is 1. The number of aromatic hydroxyl groups is 1. The Labute approximate surface area is 93.2 Å². The number of pyridine rings is 1. The quantitative estimate of drug-likeness (QED) is 0.632. The minimum Gasteiger partial charge on any atom is -0.507 e. The lowest BCUT2D eigenvalue weighted by Gasteiger charge is -2.03. The van der Waals surface area contributed by atoms with Crippen molar-refractivity contribution < 1.29 is 9.94 Å². The summed E-state index contributed by atoms with van der Waals surface area (Å²) in [6.07, 6.45) is 4.94. The molecule has 0 aliphatic carbocycles. The van der Waals surface area contributed by atoms with Gasteiger partial charge in [0.25, 0.3) is 0 Å². The van der Waals surface area contributed by atoms with Crippen LogP contribution in [0.2, 0.25) is 0 Å². The number of fused-ring (bicyclic) bond motifs is 1. The minimum absolute atomic E-state index is 0.183. The first-order chi connectivity index (χ1) is 7.83. The number of oxime groups is 1. The molecule has 4 nitrogen and oxygen atoms in total. The molecule has 4 heteroatoms. The normalized spacial score (nSPS) is 11.1. The number of rotatable bonds is 3. The van der Waals surface area contributed by atoms with Crippen LogP contribution in [0.4, 0.5) is 0 Å². The molecule has 1 aromatic carbocycles. The summed E-state index contributed by atoms with van der Waals surface area (Å²) < 4.78 is 0. The van der Waals surface area contributed by atoms with Crippen molar-refractivity contribution in [3.8, 4) is 5.75 Å². The molecule has 0 aliphatic heterocycles. The summed E-state index contributed by atoms with van der Waals surface area (Å²) in [5.74, 6) is 0.183. The van der Waals surface area contributed by atoms with Crippen molar-refractivity contribution in [3.63, 3.8) is 0 Å². The largest absolute Gasteiger partial charge is 0.507 e. The minimum atomic E-state index is 0.183.